The molecule has 10 heavy (non-hydrogen) atoms. The monoisotopic (exact) mass is 142 g/mol. The molecule has 2 heterocycles. The van der Waals surface area contributed by atoms with Gasteiger partial charge in [-0.2, -0.15) is 0 Å². The van der Waals surface area contributed by atoms with E-state index in [2.05, 4.69) is 13.8 Å². The highest BCUT2D eigenvalue weighted by molar-refractivity contribution is 4.89. The van der Waals surface area contributed by atoms with Crippen molar-refractivity contribution in [2.45, 2.75) is 26.1 Å². The molecule has 2 heteroatoms. The lowest BCUT2D eigenvalue weighted by Gasteiger charge is -2.10. The van der Waals surface area contributed by atoms with E-state index in [-0.39, 0.29) is 0 Å². The highest BCUT2D eigenvalue weighted by Gasteiger charge is 2.43. The molecule has 0 amide bonds. The predicted octanol–water partition coefficient (Wildman–Crippen LogP) is 1.06. The maximum absolute atomic E-state index is 5.58. The van der Waals surface area contributed by atoms with Crippen molar-refractivity contribution >= 4 is 0 Å². The molecular weight excluding hydrogens is 128 g/mol. The number of hydrogen-bond acceptors (Lipinski definition) is 2. The molecule has 4 unspecified atom stereocenters. The van der Waals surface area contributed by atoms with Gasteiger partial charge in [-0.3, -0.25) is 0 Å². The fourth-order valence-corrected chi connectivity index (χ4v) is 1.93. The van der Waals surface area contributed by atoms with Gasteiger partial charge in [0.25, 0.3) is 0 Å². The van der Waals surface area contributed by atoms with Crippen LogP contribution in [0.2, 0.25) is 0 Å². The molecule has 0 aromatic heterocycles. The standard InChI is InChI=1S/C8H14O2/c1-5-3-10-8-6(2)9-4-7(5)8/h5-8H,3-4H2,1-2H3. The third-order valence-electron chi connectivity index (χ3n) is 2.72. The molecular formula is C8H14O2. The summed E-state index contributed by atoms with van der Waals surface area (Å²) >= 11 is 0. The third-order valence-corrected chi connectivity index (χ3v) is 2.72. The molecule has 0 aromatic rings. The molecule has 2 aliphatic rings. The number of fused-ring (bicyclic) bond motifs is 1. The smallest absolute Gasteiger partial charge is 0.0887 e. The molecule has 0 aliphatic carbocycles. The van der Waals surface area contributed by atoms with Crippen molar-refractivity contribution in [3.63, 3.8) is 0 Å². The summed E-state index contributed by atoms with van der Waals surface area (Å²) in [5.41, 5.74) is 0. The number of ether oxygens (including phenoxy) is 2. The molecule has 0 saturated carbocycles. The first-order valence-corrected chi connectivity index (χ1v) is 4.02. The molecule has 58 valence electrons. The van der Waals surface area contributed by atoms with E-state index in [9.17, 15) is 0 Å². The Bertz CT molecular complexity index is 119. The fraction of sp³-hybridized carbons (Fsp3) is 1.00. The Labute approximate surface area is 61.5 Å². The summed E-state index contributed by atoms with van der Waals surface area (Å²) in [6.45, 7) is 6.19. The van der Waals surface area contributed by atoms with Crippen molar-refractivity contribution in [3.05, 3.63) is 0 Å². The second kappa shape index (κ2) is 2.21. The highest BCUT2D eigenvalue weighted by atomic mass is 16.6. The zero-order valence-corrected chi connectivity index (χ0v) is 6.54. The Kier molecular flexibility index (Phi) is 1.46. The van der Waals surface area contributed by atoms with Gasteiger partial charge in [-0.05, 0) is 12.8 Å². The molecule has 2 nitrogen and oxygen atoms in total. The van der Waals surface area contributed by atoms with Crippen molar-refractivity contribution in [1.82, 2.24) is 0 Å². The first kappa shape index (κ1) is 6.62. The van der Waals surface area contributed by atoms with Gasteiger partial charge < -0.3 is 9.47 Å². The van der Waals surface area contributed by atoms with Crippen molar-refractivity contribution in [2.75, 3.05) is 13.2 Å². The molecule has 0 bridgehead atoms. The minimum atomic E-state index is 0.329. The Morgan fingerprint density at radius 2 is 1.90 bits per heavy atom. The van der Waals surface area contributed by atoms with Gasteiger partial charge in [0.2, 0.25) is 0 Å². The van der Waals surface area contributed by atoms with Gasteiger partial charge in [-0.1, -0.05) is 6.92 Å². The van der Waals surface area contributed by atoms with Gasteiger partial charge in [0.1, 0.15) is 0 Å². The van der Waals surface area contributed by atoms with Gasteiger partial charge in [0.05, 0.1) is 25.4 Å². The molecule has 2 saturated heterocycles. The normalized spacial score (nSPS) is 53.4. The summed E-state index contributed by atoms with van der Waals surface area (Å²) in [6, 6.07) is 0. The highest BCUT2D eigenvalue weighted by Crippen LogP contribution is 2.35. The van der Waals surface area contributed by atoms with Gasteiger partial charge in [0, 0.05) is 5.92 Å². The van der Waals surface area contributed by atoms with E-state index in [1.165, 1.54) is 0 Å². The van der Waals surface area contributed by atoms with Crippen LogP contribution in [0.25, 0.3) is 0 Å². The average Bonchev–Trinajstić information content (AvgIpc) is 2.41. The zero-order chi connectivity index (χ0) is 7.14. The molecule has 0 radical (unpaired) electrons. The summed E-state index contributed by atoms with van der Waals surface area (Å²) in [5.74, 6) is 1.38. The van der Waals surface area contributed by atoms with Crippen LogP contribution < -0.4 is 0 Å². The maximum atomic E-state index is 5.58. The fourth-order valence-electron chi connectivity index (χ4n) is 1.93. The second-order valence-electron chi connectivity index (χ2n) is 3.48. The van der Waals surface area contributed by atoms with Crippen LogP contribution in [-0.4, -0.2) is 25.4 Å². The number of hydrogen-bond donors (Lipinski definition) is 0. The Balaban J connectivity index is 2.09. The van der Waals surface area contributed by atoms with E-state index in [1.807, 2.05) is 0 Å². The SMILES string of the molecule is CC1COC2C(C)OCC12. The van der Waals surface area contributed by atoms with E-state index in [1.54, 1.807) is 0 Å². The average molecular weight is 142 g/mol. The van der Waals surface area contributed by atoms with Crippen molar-refractivity contribution in [2.24, 2.45) is 11.8 Å². The first-order valence-electron chi connectivity index (χ1n) is 4.02. The predicted molar refractivity (Wildman–Crippen MR) is 37.8 cm³/mol. The van der Waals surface area contributed by atoms with Crippen molar-refractivity contribution in [3.8, 4) is 0 Å². The molecule has 2 rings (SSSR count). The Morgan fingerprint density at radius 3 is 2.60 bits per heavy atom. The van der Waals surface area contributed by atoms with Gasteiger partial charge in [-0.25, -0.2) is 0 Å². The van der Waals surface area contributed by atoms with E-state index < -0.39 is 0 Å². The van der Waals surface area contributed by atoms with Crippen LogP contribution in [0.1, 0.15) is 13.8 Å². The topological polar surface area (TPSA) is 18.5 Å². The van der Waals surface area contributed by atoms with Crippen LogP contribution in [0.15, 0.2) is 0 Å². The lowest BCUT2D eigenvalue weighted by Crippen LogP contribution is -2.21. The second-order valence-corrected chi connectivity index (χ2v) is 3.48. The molecule has 2 aliphatic heterocycles. The third kappa shape index (κ3) is 0.789. The van der Waals surface area contributed by atoms with Crippen LogP contribution >= 0.6 is 0 Å². The van der Waals surface area contributed by atoms with Crippen LogP contribution in [0, 0.1) is 11.8 Å². The number of rotatable bonds is 0. The van der Waals surface area contributed by atoms with Crippen LogP contribution in [0.3, 0.4) is 0 Å². The quantitative estimate of drug-likeness (QED) is 0.503. The summed E-state index contributed by atoms with van der Waals surface area (Å²) in [4.78, 5) is 0. The first-order chi connectivity index (χ1) is 4.79. The van der Waals surface area contributed by atoms with E-state index >= 15 is 0 Å². The minimum absolute atomic E-state index is 0.329. The largest absolute Gasteiger partial charge is 0.375 e. The van der Waals surface area contributed by atoms with Crippen molar-refractivity contribution < 1.29 is 9.47 Å². The summed E-state index contributed by atoms with van der Waals surface area (Å²) in [6.07, 6.45) is 0.727. The van der Waals surface area contributed by atoms with Crippen LogP contribution in [-0.2, 0) is 9.47 Å². The minimum Gasteiger partial charge on any atom is -0.375 e. The van der Waals surface area contributed by atoms with E-state index in [0.29, 0.717) is 24.0 Å². The lowest BCUT2D eigenvalue weighted by atomic mass is 9.93. The van der Waals surface area contributed by atoms with Crippen LogP contribution in [0.5, 0.6) is 0 Å². The van der Waals surface area contributed by atoms with Crippen LogP contribution in [0.4, 0.5) is 0 Å². The zero-order valence-electron chi connectivity index (χ0n) is 6.54. The molecule has 0 aromatic carbocycles. The van der Waals surface area contributed by atoms with E-state index in [0.717, 1.165) is 13.2 Å². The molecule has 2 fully saturated rings. The Morgan fingerprint density at radius 1 is 1.10 bits per heavy atom. The Hall–Kier alpha value is -0.0800. The molecule has 4 atom stereocenters. The molecule has 0 N–H and O–H groups in total. The lowest BCUT2D eigenvalue weighted by molar-refractivity contribution is 0.0146. The summed E-state index contributed by atoms with van der Waals surface area (Å²) in [7, 11) is 0. The van der Waals surface area contributed by atoms with Gasteiger partial charge >= 0.3 is 0 Å². The molecule has 0 spiro atoms. The summed E-state index contributed by atoms with van der Waals surface area (Å²) < 4.78 is 11.0. The van der Waals surface area contributed by atoms with Gasteiger partial charge in [-0.15, -0.1) is 0 Å². The van der Waals surface area contributed by atoms with E-state index in [4.69, 9.17) is 9.47 Å². The van der Waals surface area contributed by atoms with Crippen molar-refractivity contribution in [1.29, 1.82) is 0 Å². The summed E-state index contributed by atoms with van der Waals surface area (Å²) in [5, 5.41) is 0. The maximum Gasteiger partial charge on any atom is 0.0887 e. The van der Waals surface area contributed by atoms with Gasteiger partial charge in [0.15, 0.2) is 0 Å².